The van der Waals surface area contributed by atoms with E-state index in [-0.39, 0.29) is 0 Å². The highest BCUT2D eigenvalue weighted by atomic mass is 16.5. The van der Waals surface area contributed by atoms with Gasteiger partial charge in [0.05, 0.1) is 12.6 Å². The van der Waals surface area contributed by atoms with Crippen LogP contribution in [0.15, 0.2) is 23.3 Å². The van der Waals surface area contributed by atoms with Gasteiger partial charge in [-0.2, -0.15) is 0 Å². The molecular formula is C21H35N5O. The Morgan fingerprint density at radius 2 is 1.96 bits per heavy atom. The minimum Gasteiger partial charge on any atom is -0.378 e. The third kappa shape index (κ3) is 5.83. The van der Waals surface area contributed by atoms with Gasteiger partial charge in [-0.25, -0.2) is 9.98 Å². The van der Waals surface area contributed by atoms with Gasteiger partial charge < -0.3 is 19.9 Å². The maximum atomic E-state index is 5.77. The first kappa shape index (κ1) is 19.9. The molecule has 0 spiro atoms. The zero-order valence-electron chi connectivity index (χ0n) is 17.0. The summed E-state index contributed by atoms with van der Waals surface area (Å²) in [6.07, 6.45) is 8.36. The quantitative estimate of drug-likeness (QED) is 0.614. The molecule has 27 heavy (non-hydrogen) atoms. The van der Waals surface area contributed by atoms with Crippen molar-refractivity contribution in [2.75, 3.05) is 44.2 Å². The third-order valence-electron chi connectivity index (χ3n) is 5.38. The highest BCUT2D eigenvalue weighted by Gasteiger charge is 2.21. The van der Waals surface area contributed by atoms with Crippen molar-refractivity contribution in [3.8, 4) is 0 Å². The molecule has 2 saturated heterocycles. The average molecular weight is 374 g/mol. The third-order valence-corrected chi connectivity index (χ3v) is 5.38. The Labute approximate surface area is 164 Å². The molecule has 2 aliphatic heterocycles. The van der Waals surface area contributed by atoms with E-state index in [4.69, 9.17) is 9.73 Å². The first-order chi connectivity index (χ1) is 13.3. The first-order valence-corrected chi connectivity index (χ1v) is 10.6. The van der Waals surface area contributed by atoms with Crippen LogP contribution in [-0.2, 0) is 11.3 Å². The molecule has 6 heteroatoms. The lowest BCUT2D eigenvalue weighted by molar-refractivity contribution is 0.0263. The molecule has 6 nitrogen and oxygen atoms in total. The van der Waals surface area contributed by atoms with Gasteiger partial charge >= 0.3 is 0 Å². The molecule has 0 bridgehead atoms. The van der Waals surface area contributed by atoms with Crippen molar-refractivity contribution in [3.05, 3.63) is 23.9 Å². The van der Waals surface area contributed by atoms with Crippen molar-refractivity contribution in [2.45, 2.75) is 58.6 Å². The molecule has 0 radical (unpaired) electrons. The van der Waals surface area contributed by atoms with E-state index in [0.29, 0.717) is 12.6 Å². The summed E-state index contributed by atoms with van der Waals surface area (Å²) in [5.41, 5.74) is 1.23. The fourth-order valence-electron chi connectivity index (χ4n) is 3.92. The maximum absolute atomic E-state index is 5.77. The Bertz CT molecular complexity index is 592. The van der Waals surface area contributed by atoms with Crippen LogP contribution in [0.5, 0.6) is 0 Å². The molecule has 0 amide bonds. The summed E-state index contributed by atoms with van der Waals surface area (Å²) in [6, 6.07) is 4.29. The van der Waals surface area contributed by atoms with Crippen molar-refractivity contribution >= 4 is 11.8 Å². The number of aliphatic imine (C=N–C) groups is 1. The number of nitrogens with zero attached hydrogens (tertiary/aromatic N) is 4. The minimum absolute atomic E-state index is 0.404. The van der Waals surface area contributed by atoms with Crippen LogP contribution in [0.4, 0.5) is 5.82 Å². The van der Waals surface area contributed by atoms with Crippen LogP contribution in [0.25, 0.3) is 0 Å². The lowest BCUT2D eigenvalue weighted by atomic mass is 10.1. The number of piperidine rings is 2. The number of likely N-dealkylation sites (tertiary alicyclic amines) is 1. The SMILES string of the molecule is CCNC(=NCc1ccnc(N2CCCCC2)c1)N1CCC(OCC)CC1. The molecular weight excluding hydrogens is 338 g/mol. The molecule has 3 rings (SSSR count). The Hall–Kier alpha value is -1.82. The van der Waals surface area contributed by atoms with E-state index < -0.39 is 0 Å². The standard InChI is InChI=1S/C21H35N5O/c1-3-22-21(26-14-9-19(10-15-26)27-4-2)24-17-18-8-11-23-20(16-18)25-12-6-5-7-13-25/h8,11,16,19H,3-7,9-10,12-15,17H2,1-2H3,(H,22,24). The lowest BCUT2D eigenvalue weighted by Gasteiger charge is -2.34. The molecule has 0 unspecified atom stereocenters. The molecule has 0 atom stereocenters. The van der Waals surface area contributed by atoms with Crippen LogP contribution in [0.3, 0.4) is 0 Å². The number of guanidine groups is 1. The molecule has 150 valence electrons. The summed E-state index contributed by atoms with van der Waals surface area (Å²) in [5, 5.41) is 3.46. The van der Waals surface area contributed by atoms with Crippen LogP contribution in [0.2, 0.25) is 0 Å². The van der Waals surface area contributed by atoms with Crippen LogP contribution in [0, 0.1) is 0 Å². The van der Waals surface area contributed by atoms with Gasteiger partial charge in [-0.15, -0.1) is 0 Å². The second-order valence-corrected chi connectivity index (χ2v) is 7.38. The smallest absolute Gasteiger partial charge is 0.194 e. The molecule has 2 aliphatic rings. The normalized spacial score (nSPS) is 19.4. The molecule has 0 aromatic carbocycles. The first-order valence-electron chi connectivity index (χ1n) is 10.6. The van der Waals surface area contributed by atoms with Gasteiger partial charge in [0.15, 0.2) is 5.96 Å². The maximum Gasteiger partial charge on any atom is 0.194 e. The predicted molar refractivity (Wildman–Crippen MR) is 111 cm³/mol. The van der Waals surface area contributed by atoms with E-state index in [1.807, 2.05) is 6.20 Å². The number of pyridine rings is 1. The topological polar surface area (TPSA) is 53.0 Å². The van der Waals surface area contributed by atoms with Crippen LogP contribution >= 0.6 is 0 Å². The summed E-state index contributed by atoms with van der Waals surface area (Å²) in [5.74, 6) is 2.12. The summed E-state index contributed by atoms with van der Waals surface area (Å²) < 4.78 is 5.77. The number of aromatic nitrogens is 1. The fraction of sp³-hybridized carbons (Fsp3) is 0.714. The summed E-state index contributed by atoms with van der Waals surface area (Å²) >= 11 is 0. The van der Waals surface area contributed by atoms with Crippen molar-refractivity contribution < 1.29 is 4.74 Å². The van der Waals surface area contributed by atoms with Crippen molar-refractivity contribution in [3.63, 3.8) is 0 Å². The Kier molecular flexibility index (Phi) is 7.75. The summed E-state index contributed by atoms with van der Waals surface area (Å²) in [7, 11) is 0. The molecule has 1 aromatic rings. The number of anilines is 1. The largest absolute Gasteiger partial charge is 0.378 e. The Morgan fingerprint density at radius 3 is 2.67 bits per heavy atom. The predicted octanol–water partition coefficient (Wildman–Crippen LogP) is 3.04. The van der Waals surface area contributed by atoms with Crippen molar-refractivity contribution in [2.24, 2.45) is 4.99 Å². The van der Waals surface area contributed by atoms with Gasteiger partial charge in [0.25, 0.3) is 0 Å². The van der Waals surface area contributed by atoms with Gasteiger partial charge in [0, 0.05) is 45.5 Å². The second-order valence-electron chi connectivity index (χ2n) is 7.38. The number of rotatable bonds is 6. The van der Waals surface area contributed by atoms with Gasteiger partial charge in [0.1, 0.15) is 5.82 Å². The van der Waals surface area contributed by atoms with E-state index in [0.717, 1.165) is 63.9 Å². The van der Waals surface area contributed by atoms with Gasteiger partial charge in [-0.1, -0.05) is 0 Å². The number of hydrogen-bond acceptors (Lipinski definition) is 4. The molecule has 0 saturated carbocycles. The molecule has 2 fully saturated rings. The van der Waals surface area contributed by atoms with Crippen LogP contribution in [0.1, 0.15) is 51.5 Å². The average Bonchev–Trinajstić information content (AvgIpc) is 2.73. The van der Waals surface area contributed by atoms with Gasteiger partial charge in [-0.05, 0) is 63.6 Å². The van der Waals surface area contributed by atoms with Crippen molar-refractivity contribution in [1.29, 1.82) is 0 Å². The van der Waals surface area contributed by atoms with Gasteiger partial charge in [-0.3, -0.25) is 0 Å². The number of nitrogens with one attached hydrogen (secondary N) is 1. The lowest BCUT2D eigenvalue weighted by Crippen LogP contribution is -2.47. The molecule has 3 heterocycles. The number of hydrogen-bond donors (Lipinski definition) is 1. The summed E-state index contributed by atoms with van der Waals surface area (Å²) in [4.78, 5) is 14.3. The van der Waals surface area contributed by atoms with Crippen molar-refractivity contribution in [1.82, 2.24) is 15.2 Å². The highest BCUT2D eigenvalue weighted by molar-refractivity contribution is 5.80. The molecule has 0 aliphatic carbocycles. The van der Waals surface area contributed by atoms with E-state index in [1.54, 1.807) is 0 Å². The van der Waals surface area contributed by atoms with Crippen LogP contribution in [-0.4, -0.2) is 61.3 Å². The molecule has 1 aromatic heterocycles. The monoisotopic (exact) mass is 373 g/mol. The number of ether oxygens (including phenoxy) is 1. The van der Waals surface area contributed by atoms with E-state index in [9.17, 15) is 0 Å². The zero-order chi connectivity index (χ0) is 18.9. The Balaban J connectivity index is 1.61. The summed E-state index contributed by atoms with van der Waals surface area (Å²) in [6.45, 7) is 10.8. The van der Waals surface area contributed by atoms with Crippen LogP contribution < -0.4 is 10.2 Å². The van der Waals surface area contributed by atoms with E-state index >= 15 is 0 Å². The highest BCUT2D eigenvalue weighted by Crippen LogP contribution is 2.19. The minimum atomic E-state index is 0.404. The van der Waals surface area contributed by atoms with E-state index in [2.05, 4.69) is 46.1 Å². The van der Waals surface area contributed by atoms with E-state index in [1.165, 1.54) is 24.8 Å². The second kappa shape index (κ2) is 10.5. The fourth-order valence-corrected chi connectivity index (χ4v) is 3.92. The van der Waals surface area contributed by atoms with Gasteiger partial charge in [0.2, 0.25) is 0 Å². The molecule has 1 N–H and O–H groups in total. The Morgan fingerprint density at radius 1 is 1.19 bits per heavy atom. The zero-order valence-corrected chi connectivity index (χ0v) is 17.0.